The monoisotopic (exact) mass is 281 g/mol. The van der Waals surface area contributed by atoms with Gasteiger partial charge in [0.2, 0.25) is 0 Å². The molecular formula is C15H24ClN3. The first-order valence-corrected chi connectivity index (χ1v) is 7.72. The smallest absolute Gasteiger partial charge is 0.134 e. The molecule has 3 nitrogen and oxygen atoms in total. The van der Waals surface area contributed by atoms with Crippen LogP contribution in [0.4, 0.5) is 5.82 Å². The highest BCUT2D eigenvalue weighted by Crippen LogP contribution is 2.26. The normalized spacial score (nSPS) is 23.6. The van der Waals surface area contributed by atoms with Crippen molar-refractivity contribution in [3.05, 3.63) is 17.0 Å². The minimum Gasteiger partial charge on any atom is -0.367 e. The van der Waals surface area contributed by atoms with Gasteiger partial charge in [-0.15, -0.1) is 0 Å². The summed E-state index contributed by atoms with van der Waals surface area (Å²) in [6.07, 6.45) is 6.05. The molecule has 0 aromatic carbocycles. The number of halogens is 1. The maximum Gasteiger partial charge on any atom is 0.134 e. The molecule has 1 aliphatic carbocycles. The Hall–Kier alpha value is -0.830. The van der Waals surface area contributed by atoms with Crippen molar-refractivity contribution in [2.45, 2.75) is 58.9 Å². The maximum atomic E-state index is 6.10. The van der Waals surface area contributed by atoms with Gasteiger partial charge in [0.1, 0.15) is 16.8 Å². The summed E-state index contributed by atoms with van der Waals surface area (Å²) in [4.78, 5) is 8.90. The van der Waals surface area contributed by atoms with Crippen LogP contribution in [0, 0.1) is 11.8 Å². The summed E-state index contributed by atoms with van der Waals surface area (Å²) in [5, 5.41) is 4.09. The van der Waals surface area contributed by atoms with Crippen molar-refractivity contribution >= 4 is 17.4 Å². The van der Waals surface area contributed by atoms with Crippen molar-refractivity contribution in [3.8, 4) is 0 Å². The first-order chi connectivity index (χ1) is 9.04. The van der Waals surface area contributed by atoms with Crippen LogP contribution in [0.15, 0.2) is 6.07 Å². The van der Waals surface area contributed by atoms with Crippen molar-refractivity contribution in [2.75, 3.05) is 5.32 Å². The summed E-state index contributed by atoms with van der Waals surface area (Å²) in [5.74, 6) is 2.97. The van der Waals surface area contributed by atoms with Gasteiger partial charge in [0.05, 0.1) is 0 Å². The lowest BCUT2D eigenvalue weighted by Crippen LogP contribution is -2.30. The molecular weight excluding hydrogens is 258 g/mol. The zero-order valence-electron chi connectivity index (χ0n) is 12.1. The molecule has 0 bridgehead atoms. The van der Waals surface area contributed by atoms with E-state index in [1.807, 2.05) is 6.07 Å². The number of rotatable bonds is 4. The van der Waals surface area contributed by atoms with Gasteiger partial charge >= 0.3 is 0 Å². The summed E-state index contributed by atoms with van der Waals surface area (Å²) in [7, 11) is 0. The van der Waals surface area contributed by atoms with Gasteiger partial charge in [0.15, 0.2) is 0 Å². The van der Waals surface area contributed by atoms with Crippen LogP contribution in [-0.2, 0) is 6.42 Å². The molecule has 0 saturated heterocycles. The predicted molar refractivity (Wildman–Crippen MR) is 80.6 cm³/mol. The Kier molecular flexibility index (Phi) is 5.03. The molecule has 2 unspecified atom stereocenters. The molecule has 1 heterocycles. The Labute approximate surface area is 121 Å². The van der Waals surface area contributed by atoms with Gasteiger partial charge in [-0.1, -0.05) is 45.2 Å². The number of nitrogens with zero attached hydrogens (tertiary/aromatic N) is 2. The zero-order valence-corrected chi connectivity index (χ0v) is 12.9. The number of nitrogens with one attached hydrogen (secondary N) is 1. The molecule has 1 N–H and O–H groups in total. The summed E-state index contributed by atoms with van der Waals surface area (Å²) in [5.41, 5.74) is 0. The Morgan fingerprint density at radius 3 is 2.74 bits per heavy atom. The van der Waals surface area contributed by atoms with Crippen molar-refractivity contribution in [3.63, 3.8) is 0 Å². The van der Waals surface area contributed by atoms with Gasteiger partial charge in [0, 0.05) is 18.5 Å². The van der Waals surface area contributed by atoms with E-state index in [2.05, 4.69) is 36.1 Å². The minimum absolute atomic E-state index is 0.520. The van der Waals surface area contributed by atoms with Crippen LogP contribution in [0.2, 0.25) is 5.15 Å². The molecule has 1 fully saturated rings. The Balaban J connectivity index is 2.08. The average molecular weight is 282 g/mol. The van der Waals surface area contributed by atoms with E-state index in [-0.39, 0.29) is 0 Å². The number of hydrogen-bond acceptors (Lipinski definition) is 3. The van der Waals surface area contributed by atoms with E-state index in [1.165, 1.54) is 25.7 Å². The van der Waals surface area contributed by atoms with Crippen LogP contribution in [0.5, 0.6) is 0 Å². The van der Waals surface area contributed by atoms with Gasteiger partial charge in [-0.3, -0.25) is 0 Å². The Morgan fingerprint density at radius 1 is 1.32 bits per heavy atom. The number of hydrogen-bond donors (Lipinski definition) is 1. The van der Waals surface area contributed by atoms with Crippen LogP contribution in [0.3, 0.4) is 0 Å². The van der Waals surface area contributed by atoms with E-state index in [0.29, 0.717) is 23.0 Å². The molecule has 0 radical (unpaired) electrons. The van der Waals surface area contributed by atoms with Gasteiger partial charge in [-0.05, 0) is 24.7 Å². The molecule has 1 saturated carbocycles. The topological polar surface area (TPSA) is 37.8 Å². The molecule has 0 amide bonds. The van der Waals surface area contributed by atoms with Crippen LogP contribution in [0.1, 0.15) is 52.3 Å². The van der Waals surface area contributed by atoms with Gasteiger partial charge in [-0.2, -0.15) is 0 Å². The third-order valence-electron chi connectivity index (χ3n) is 3.78. The molecule has 4 heteroatoms. The molecule has 0 aliphatic heterocycles. The molecule has 2 rings (SSSR count). The summed E-state index contributed by atoms with van der Waals surface area (Å²) >= 11 is 6.10. The Bertz CT molecular complexity index is 420. The third-order valence-corrected chi connectivity index (χ3v) is 3.97. The first-order valence-electron chi connectivity index (χ1n) is 7.34. The second-order valence-electron chi connectivity index (χ2n) is 6.10. The van der Waals surface area contributed by atoms with Crippen LogP contribution >= 0.6 is 11.6 Å². The molecule has 2 atom stereocenters. The van der Waals surface area contributed by atoms with Gasteiger partial charge < -0.3 is 5.32 Å². The van der Waals surface area contributed by atoms with Gasteiger partial charge in [-0.25, -0.2) is 9.97 Å². The molecule has 106 valence electrons. The lowest BCUT2D eigenvalue weighted by Gasteiger charge is -2.30. The quantitative estimate of drug-likeness (QED) is 0.835. The van der Waals surface area contributed by atoms with Gasteiger partial charge in [0.25, 0.3) is 0 Å². The highest BCUT2D eigenvalue weighted by Gasteiger charge is 2.21. The standard InChI is InChI=1S/C15H24ClN3/c1-10(2)8-14-18-13(16)9-15(19-14)17-12-7-5-4-6-11(12)3/h9-12H,4-8H2,1-3H3,(H,17,18,19). The van der Waals surface area contributed by atoms with Crippen molar-refractivity contribution in [1.82, 2.24) is 9.97 Å². The first kappa shape index (κ1) is 14.6. The SMILES string of the molecule is CC(C)Cc1nc(Cl)cc(NC2CCCCC2C)n1. The molecule has 1 aromatic heterocycles. The van der Waals surface area contributed by atoms with Crippen molar-refractivity contribution < 1.29 is 0 Å². The molecule has 1 aromatic rings. The van der Waals surface area contributed by atoms with Crippen LogP contribution in [-0.4, -0.2) is 16.0 Å². The van der Waals surface area contributed by atoms with E-state index in [4.69, 9.17) is 11.6 Å². The maximum absolute atomic E-state index is 6.10. The summed E-state index contributed by atoms with van der Waals surface area (Å²) < 4.78 is 0. The van der Waals surface area contributed by atoms with Crippen molar-refractivity contribution in [1.29, 1.82) is 0 Å². The molecule has 19 heavy (non-hydrogen) atoms. The van der Waals surface area contributed by atoms with E-state index in [9.17, 15) is 0 Å². The van der Waals surface area contributed by atoms with E-state index < -0.39 is 0 Å². The lowest BCUT2D eigenvalue weighted by molar-refractivity contribution is 0.349. The fraction of sp³-hybridized carbons (Fsp3) is 0.733. The van der Waals surface area contributed by atoms with E-state index in [1.54, 1.807) is 0 Å². The minimum atomic E-state index is 0.520. The fourth-order valence-electron chi connectivity index (χ4n) is 2.72. The second-order valence-corrected chi connectivity index (χ2v) is 6.49. The summed E-state index contributed by atoms with van der Waals surface area (Å²) in [6, 6.07) is 2.36. The lowest BCUT2D eigenvalue weighted by atomic mass is 9.86. The predicted octanol–water partition coefficient (Wildman–Crippen LogP) is 4.32. The number of anilines is 1. The fourth-order valence-corrected chi connectivity index (χ4v) is 2.92. The van der Waals surface area contributed by atoms with E-state index >= 15 is 0 Å². The highest BCUT2D eigenvalue weighted by atomic mass is 35.5. The molecule has 1 aliphatic rings. The van der Waals surface area contributed by atoms with Crippen LogP contribution < -0.4 is 5.32 Å². The molecule has 0 spiro atoms. The largest absolute Gasteiger partial charge is 0.367 e. The summed E-state index contributed by atoms with van der Waals surface area (Å²) in [6.45, 7) is 6.65. The second kappa shape index (κ2) is 6.56. The Morgan fingerprint density at radius 2 is 2.05 bits per heavy atom. The zero-order chi connectivity index (χ0) is 13.8. The van der Waals surface area contributed by atoms with Crippen LogP contribution in [0.25, 0.3) is 0 Å². The highest BCUT2D eigenvalue weighted by molar-refractivity contribution is 6.29. The average Bonchev–Trinajstić information content (AvgIpc) is 2.30. The third kappa shape index (κ3) is 4.34. The number of aromatic nitrogens is 2. The van der Waals surface area contributed by atoms with Crippen molar-refractivity contribution in [2.24, 2.45) is 11.8 Å². The van der Waals surface area contributed by atoms with E-state index in [0.717, 1.165) is 18.1 Å².